The molecule has 0 unspecified atom stereocenters. The van der Waals surface area contributed by atoms with Crippen LogP contribution in [0.15, 0.2) is 54.9 Å². The van der Waals surface area contributed by atoms with Crippen molar-refractivity contribution in [2.45, 2.75) is 45.4 Å². The number of aliphatic hydroxyl groups excluding tert-OH is 1. The van der Waals surface area contributed by atoms with E-state index >= 15 is 0 Å². The summed E-state index contributed by atoms with van der Waals surface area (Å²) in [7, 11) is 0. The molecule has 184 valence electrons. The summed E-state index contributed by atoms with van der Waals surface area (Å²) in [4.78, 5) is 34.4. The number of fused-ring (bicyclic) bond motifs is 1. The number of benzene rings is 1. The van der Waals surface area contributed by atoms with Crippen LogP contribution in [0.1, 0.15) is 61.5 Å². The third-order valence-electron chi connectivity index (χ3n) is 7.59. The number of nitrogen functional groups attached to an aromatic ring is 1. The molecule has 1 saturated carbocycles. The van der Waals surface area contributed by atoms with Crippen LogP contribution in [0.3, 0.4) is 0 Å². The number of rotatable bonds is 6. The van der Waals surface area contributed by atoms with E-state index in [-0.39, 0.29) is 29.9 Å². The van der Waals surface area contributed by atoms with Gasteiger partial charge in [0.1, 0.15) is 11.6 Å². The van der Waals surface area contributed by atoms with Gasteiger partial charge in [0.15, 0.2) is 11.4 Å². The number of hydrogen-bond acceptors (Lipinski definition) is 7. The molecule has 3 heterocycles. The van der Waals surface area contributed by atoms with Gasteiger partial charge in [-0.1, -0.05) is 36.4 Å². The maximum Gasteiger partial charge on any atom is 0.165 e. The van der Waals surface area contributed by atoms with Crippen molar-refractivity contribution in [2.75, 3.05) is 12.3 Å². The Morgan fingerprint density at radius 1 is 1.06 bits per heavy atom. The van der Waals surface area contributed by atoms with Gasteiger partial charge in [0, 0.05) is 28.8 Å². The zero-order chi connectivity index (χ0) is 25.4. The van der Waals surface area contributed by atoms with Gasteiger partial charge in [0.05, 0.1) is 35.2 Å². The Morgan fingerprint density at radius 2 is 1.78 bits per heavy atom. The van der Waals surface area contributed by atoms with Gasteiger partial charge in [-0.05, 0) is 45.6 Å². The van der Waals surface area contributed by atoms with E-state index in [1.165, 1.54) is 18.4 Å². The van der Waals surface area contributed by atoms with Crippen LogP contribution in [0.25, 0.3) is 28.0 Å². The summed E-state index contributed by atoms with van der Waals surface area (Å²) in [6.07, 6.45) is 5.85. The normalized spacial score (nSPS) is 19.9. The van der Waals surface area contributed by atoms with Crippen LogP contribution in [-0.2, 0) is 4.79 Å². The maximum atomic E-state index is 12.6. The monoisotopic (exact) mass is 483 g/mol. The number of aromatic nitrogens is 4. The molecule has 3 N–H and O–H groups in total. The summed E-state index contributed by atoms with van der Waals surface area (Å²) in [5, 5.41) is 14.3. The molecule has 1 aromatic carbocycles. The highest BCUT2D eigenvalue weighted by Gasteiger charge is 2.40. The minimum absolute atomic E-state index is 0.00249. The van der Waals surface area contributed by atoms with E-state index in [0.717, 1.165) is 22.4 Å². The number of carbonyl (C=O) groups is 2. The smallest absolute Gasteiger partial charge is 0.165 e. The summed E-state index contributed by atoms with van der Waals surface area (Å²) in [5.41, 5.74) is 10.8. The molecule has 0 atom stereocenters. The van der Waals surface area contributed by atoms with Crippen molar-refractivity contribution in [3.05, 3.63) is 66.1 Å². The number of nitrogens with zero attached hydrogens (tertiary/aromatic N) is 4. The van der Waals surface area contributed by atoms with E-state index < -0.39 is 5.41 Å². The lowest BCUT2D eigenvalue weighted by Gasteiger charge is -2.37. The van der Waals surface area contributed by atoms with Crippen LogP contribution in [-0.4, -0.2) is 42.9 Å². The van der Waals surface area contributed by atoms with Crippen LogP contribution in [0.5, 0.6) is 0 Å². The van der Waals surface area contributed by atoms with E-state index in [1.54, 1.807) is 12.4 Å². The topological polar surface area (TPSA) is 123 Å². The number of hydrogen-bond donors (Lipinski definition) is 2. The third kappa shape index (κ3) is 3.97. The molecule has 8 heteroatoms. The van der Waals surface area contributed by atoms with Crippen molar-refractivity contribution in [1.29, 1.82) is 0 Å². The first-order valence-corrected chi connectivity index (χ1v) is 12.2. The second-order valence-corrected chi connectivity index (χ2v) is 9.67. The Labute approximate surface area is 209 Å². The predicted octanol–water partition coefficient (Wildman–Crippen LogP) is 4.47. The molecule has 0 radical (unpaired) electrons. The van der Waals surface area contributed by atoms with E-state index in [1.807, 2.05) is 42.5 Å². The highest BCUT2D eigenvalue weighted by Crippen LogP contribution is 2.44. The van der Waals surface area contributed by atoms with Crippen molar-refractivity contribution >= 4 is 23.0 Å². The number of ketones is 2. The lowest BCUT2D eigenvalue weighted by Crippen LogP contribution is -2.37. The van der Waals surface area contributed by atoms with Crippen LogP contribution in [0.4, 0.5) is 5.82 Å². The molecule has 4 aromatic rings. The molecular formula is C28H29N5O3. The lowest BCUT2D eigenvalue weighted by molar-refractivity contribution is -0.131. The maximum absolute atomic E-state index is 12.6. The highest BCUT2D eigenvalue weighted by molar-refractivity contribution is 6.00. The molecule has 1 aliphatic carbocycles. The molecule has 0 saturated heterocycles. The molecule has 0 spiro atoms. The SMILES string of the molecule is CC(=O)c1c(C2CCC(CO)(C(C)=O)CC2)nc2c(-c3ccc(-c4ccccc4)nc3)cnn2c1N. The van der Waals surface area contributed by atoms with Crippen molar-refractivity contribution in [3.63, 3.8) is 0 Å². The Hall–Kier alpha value is -3.91. The molecule has 1 aliphatic rings. The van der Waals surface area contributed by atoms with E-state index in [9.17, 15) is 14.7 Å². The van der Waals surface area contributed by atoms with Crippen LogP contribution < -0.4 is 5.73 Å². The molecule has 5 rings (SSSR count). The molecule has 8 nitrogen and oxygen atoms in total. The number of carbonyl (C=O) groups excluding carboxylic acids is 2. The average Bonchev–Trinajstić information content (AvgIpc) is 3.33. The number of Topliss-reactive ketones (excluding diaryl/α,β-unsaturated/α-hetero) is 2. The second kappa shape index (κ2) is 9.28. The first-order valence-electron chi connectivity index (χ1n) is 12.2. The summed E-state index contributed by atoms with van der Waals surface area (Å²) in [6.45, 7) is 2.85. The fourth-order valence-electron chi connectivity index (χ4n) is 5.29. The number of pyridine rings is 1. The number of anilines is 1. The first kappa shape index (κ1) is 23.8. The number of nitrogens with two attached hydrogens (primary N) is 1. The Morgan fingerprint density at radius 3 is 2.36 bits per heavy atom. The van der Waals surface area contributed by atoms with E-state index in [0.29, 0.717) is 42.6 Å². The van der Waals surface area contributed by atoms with Crippen molar-refractivity contribution in [3.8, 4) is 22.4 Å². The Balaban J connectivity index is 1.55. The summed E-state index contributed by atoms with van der Waals surface area (Å²) in [5.74, 6) is 0.0424. The molecular weight excluding hydrogens is 454 g/mol. The zero-order valence-electron chi connectivity index (χ0n) is 20.4. The van der Waals surface area contributed by atoms with Crippen molar-refractivity contribution in [1.82, 2.24) is 19.6 Å². The standard InChI is InChI=1S/C28H29N5O3/c1-17(35)24-25(20-10-12-28(16-34,13-11-20)18(2)36)32-27-22(15-31-33(27)26(24)29)21-8-9-23(30-14-21)19-6-4-3-5-7-19/h3-9,14-15,20,34H,10-13,16,29H2,1-2H3. The molecule has 1 fully saturated rings. The van der Waals surface area contributed by atoms with Crippen LogP contribution in [0, 0.1) is 5.41 Å². The van der Waals surface area contributed by atoms with Gasteiger partial charge in [-0.15, -0.1) is 0 Å². The molecule has 0 bridgehead atoms. The van der Waals surface area contributed by atoms with Gasteiger partial charge in [-0.2, -0.15) is 9.61 Å². The minimum Gasteiger partial charge on any atom is -0.395 e. The first-order chi connectivity index (χ1) is 17.3. The molecule has 3 aromatic heterocycles. The molecule has 0 aliphatic heterocycles. The van der Waals surface area contributed by atoms with Crippen LogP contribution >= 0.6 is 0 Å². The van der Waals surface area contributed by atoms with E-state index in [2.05, 4.69) is 10.1 Å². The van der Waals surface area contributed by atoms with E-state index in [4.69, 9.17) is 10.7 Å². The molecule has 0 amide bonds. The fraction of sp³-hybridized carbons (Fsp3) is 0.321. The average molecular weight is 484 g/mol. The van der Waals surface area contributed by atoms with Gasteiger partial charge < -0.3 is 10.8 Å². The van der Waals surface area contributed by atoms with Crippen molar-refractivity contribution < 1.29 is 14.7 Å². The second-order valence-electron chi connectivity index (χ2n) is 9.67. The zero-order valence-corrected chi connectivity index (χ0v) is 20.4. The minimum atomic E-state index is -0.712. The quantitative estimate of drug-likeness (QED) is 0.388. The summed E-state index contributed by atoms with van der Waals surface area (Å²) in [6, 6.07) is 13.9. The van der Waals surface area contributed by atoms with Gasteiger partial charge in [-0.3, -0.25) is 14.6 Å². The van der Waals surface area contributed by atoms with Gasteiger partial charge in [0.2, 0.25) is 0 Å². The largest absolute Gasteiger partial charge is 0.395 e. The summed E-state index contributed by atoms with van der Waals surface area (Å²) >= 11 is 0. The predicted molar refractivity (Wildman–Crippen MR) is 137 cm³/mol. The van der Waals surface area contributed by atoms with Crippen LogP contribution in [0.2, 0.25) is 0 Å². The van der Waals surface area contributed by atoms with Gasteiger partial charge in [-0.25, -0.2) is 4.98 Å². The summed E-state index contributed by atoms with van der Waals surface area (Å²) < 4.78 is 1.51. The lowest BCUT2D eigenvalue weighted by atomic mass is 9.67. The van der Waals surface area contributed by atoms with Gasteiger partial charge in [0.25, 0.3) is 0 Å². The molecule has 36 heavy (non-hydrogen) atoms. The Bertz CT molecular complexity index is 1440. The highest BCUT2D eigenvalue weighted by atomic mass is 16.3. The third-order valence-corrected chi connectivity index (χ3v) is 7.59. The van der Waals surface area contributed by atoms with Crippen molar-refractivity contribution in [2.24, 2.45) is 5.41 Å². The van der Waals surface area contributed by atoms with Gasteiger partial charge >= 0.3 is 0 Å². The number of aliphatic hydroxyl groups is 1. The Kier molecular flexibility index (Phi) is 6.14. The fourth-order valence-corrected chi connectivity index (χ4v) is 5.29.